The van der Waals surface area contributed by atoms with E-state index in [1.165, 1.54) is 18.9 Å². The Kier molecular flexibility index (Phi) is 7.71. The van der Waals surface area contributed by atoms with Crippen molar-refractivity contribution in [2.24, 2.45) is 5.92 Å². The quantitative estimate of drug-likeness (QED) is 0.615. The molecule has 1 atom stereocenters. The van der Waals surface area contributed by atoms with Crippen LogP contribution in [0.15, 0.2) is 40.3 Å². The number of thioether (sulfide) groups is 1. The number of rotatable bonds is 7. The number of ether oxygens (including phenoxy) is 1. The third kappa shape index (κ3) is 5.51. The van der Waals surface area contributed by atoms with Gasteiger partial charge in [0.25, 0.3) is 5.91 Å². The zero-order chi connectivity index (χ0) is 21.7. The van der Waals surface area contributed by atoms with Crippen LogP contribution in [0.25, 0.3) is 0 Å². The van der Waals surface area contributed by atoms with Crippen molar-refractivity contribution in [3.8, 4) is 0 Å². The van der Waals surface area contributed by atoms with Gasteiger partial charge in [-0.2, -0.15) is 0 Å². The Balaban J connectivity index is 1.81. The minimum atomic E-state index is -0.416. The molecule has 2 heterocycles. The van der Waals surface area contributed by atoms with Crippen LogP contribution in [0.1, 0.15) is 35.1 Å². The van der Waals surface area contributed by atoms with Gasteiger partial charge >= 0.3 is 0 Å². The number of hydrogen-bond donors (Lipinski definition) is 1. The lowest BCUT2D eigenvalue weighted by Gasteiger charge is -2.10. The summed E-state index contributed by atoms with van der Waals surface area (Å²) in [7, 11) is 1.53. The highest BCUT2D eigenvalue weighted by molar-refractivity contribution is 8.07. The maximum atomic E-state index is 12.9. The monoisotopic (exact) mass is 466 g/mol. The molecule has 3 rings (SSSR count). The van der Waals surface area contributed by atoms with Crippen LogP contribution < -0.4 is 5.32 Å². The molecule has 0 spiro atoms. The number of nitrogens with zero attached hydrogens (tertiary/aromatic N) is 3. The number of amides is 1. The molecule has 10 heteroatoms. The molecule has 7 nitrogen and oxygen atoms in total. The van der Waals surface area contributed by atoms with E-state index < -0.39 is 5.91 Å². The molecule has 1 amide bonds. The highest BCUT2D eigenvalue weighted by atomic mass is 35.5. The number of halogens is 2. The summed E-state index contributed by atoms with van der Waals surface area (Å²) in [6.07, 6.45) is 5.29. The second-order valence-electron chi connectivity index (χ2n) is 6.75. The molecular formula is C20H20Cl2N4O3S. The first-order valence-electron chi connectivity index (χ1n) is 9.12. The lowest BCUT2D eigenvalue weighted by Crippen LogP contribution is -2.24. The molecule has 30 heavy (non-hydrogen) atoms. The third-order valence-corrected chi connectivity index (χ3v) is 6.05. The van der Waals surface area contributed by atoms with Crippen LogP contribution in [-0.2, 0) is 22.7 Å². The maximum absolute atomic E-state index is 12.9. The van der Waals surface area contributed by atoms with Gasteiger partial charge in [-0.3, -0.25) is 9.59 Å². The van der Waals surface area contributed by atoms with Crippen LogP contribution in [0.5, 0.6) is 0 Å². The number of carbonyl (C=O) groups is 2. The van der Waals surface area contributed by atoms with Gasteiger partial charge in [0.1, 0.15) is 0 Å². The average Bonchev–Trinajstić information content (AvgIpc) is 3.01. The Morgan fingerprint density at radius 2 is 2.20 bits per heavy atom. The topological polar surface area (TPSA) is 86.1 Å². The number of methoxy groups -OCH3 is 1. The van der Waals surface area contributed by atoms with E-state index in [-0.39, 0.29) is 18.2 Å². The van der Waals surface area contributed by atoms with Crippen molar-refractivity contribution in [2.75, 3.05) is 7.11 Å². The fraction of sp³-hybridized carbons (Fsp3) is 0.300. The molecule has 0 aliphatic carbocycles. The highest BCUT2D eigenvalue weighted by Crippen LogP contribution is 2.29. The first-order valence-corrected chi connectivity index (χ1v) is 10.7. The molecule has 158 valence electrons. The molecule has 1 unspecified atom stereocenters. The Bertz CT molecular complexity index is 1020. The van der Waals surface area contributed by atoms with E-state index in [1.807, 2.05) is 25.1 Å². The van der Waals surface area contributed by atoms with Gasteiger partial charge in [0.15, 0.2) is 12.0 Å². The van der Waals surface area contributed by atoms with Crippen molar-refractivity contribution in [1.29, 1.82) is 0 Å². The minimum absolute atomic E-state index is 0.153. The van der Waals surface area contributed by atoms with Crippen molar-refractivity contribution < 1.29 is 14.3 Å². The summed E-state index contributed by atoms with van der Waals surface area (Å²) < 4.78 is 6.84. The van der Waals surface area contributed by atoms with E-state index in [9.17, 15) is 9.59 Å². The van der Waals surface area contributed by atoms with Crippen molar-refractivity contribution >= 4 is 47.2 Å². The first-order chi connectivity index (χ1) is 14.4. The summed E-state index contributed by atoms with van der Waals surface area (Å²) in [5.74, 6) is -0.204. The molecule has 1 aliphatic rings. The number of nitrogens with one attached hydrogen (secondary N) is 1. The average molecular weight is 467 g/mol. The highest BCUT2D eigenvalue weighted by Gasteiger charge is 2.22. The molecule has 0 radical (unpaired) electrons. The number of carbonyl (C=O) groups excluding carboxylic acids is 2. The summed E-state index contributed by atoms with van der Waals surface area (Å²) in [5, 5.41) is 12.5. The summed E-state index contributed by atoms with van der Waals surface area (Å²) in [6, 6.07) is 5.27. The normalized spacial score (nSPS) is 16.5. The smallest absolute Gasteiger partial charge is 0.278 e. The summed E-state index contributed by atoms with van der Waals surface area (Å²) in [4.78, 5) is 24.7. The van der Waals surface area contributed by atoms with Gasteiger partial charge in [-0.15, -0.1) is 5.10 Å². The number of benzene rings is 1. The van der Waals surface area contributed by atoms with E-state index >= 15 is 0 Å². The number of hydrogen-bond acceptors (Lipinski definition) is 6. The lowest BCUT2D eigenvalue weighted by molar-refractivity contribution is -0.104. The van der Waals surface area contributed by atoms with E-state index in [1.54, 1.807) is 16.8 Å². The molecule has 1 aromatic carbocycles. The standard InChI is InChI=1S/C20H20Cl2N4O3S/c1-12-3-6-18(30-14(7-12)10-27)23-20(28)19-17(11-29-2)26(25-24-19)9-13-4-5-15(21)16(22)8-13/h4-8,10,12H,3,9,11H2,1-2H3,(H,23,28). The number of aldehydes is 1. The van der Waals surface area contributed by atoms with E-state index in [2.05, 4.69) is 15.6 Å². The van der Waals surface area contributed by atoms with Crippen LogP contribution in [-0.4, -0.2) is 34.3 Å². The van der Waals surface area contributed by atoms with Gasteiger partial charge in [0.2, 0.25) is 0 Å². The molecule has 1 aromatic heterocycles. The molecule has 0 bridgehead atoms. The van der Waals surface area contributed by atoms with E-state index in [0.29, 0.717) is 32.2 Å². The van der Waals surface area contributed by atoms with Gasteiger partial charge in [-0.25, -0.2) is 4.68 Å². The van der Waals surface area contributed by atoms with Crippen LogP contribution in [0.4, 0.5) is 0 Å². The fourth-order valence-corrected chi connectivity index (χ4v) is 4.13. The molecule has 2 aromatic rings. The third-order valence-electron chi connectivity index (χ3n) is 4.35. The van der Waals surface area contributed by atoms with Crippen molar-refractivity contribution in [3.05, 3.63) is 67.3 Å². The maximum Gasteiger partial charge on any atom is 0.278 e. The van der Waals surface area contributed by atoms with Crippen LogP contribution in [0, 0.1) is 5.92 Å². The molecular weight excluding hydrogens is 447 g/mol. The summed E-state index contributed by atoms with van der Waals surface area (Å²) in [5.41, 5.74) is 1.54. The largest absolute Gasteiger partial charge is 0.378 e. The van der Waals surface area contributed by atoms with Crippen LogP contribution >= 0.6 is 35.0 Å². The SMILES string of the molecule is COCc1c(C(=O)NC2=CCC(C)C=C(C=O)S2)nnn1Cc1ccc(Cl)c(Cl)c1. The Hall–Kier alpha value is -2.13. The minimum Gasteiger partial charge on any atom is -0.378 e. The zero-order valence-electron chi connectivity index (χ0n) is 16.4. The molecule has 1 aliphatic heterocycles. The Morgan fingerprint density at radius 1 is 1.40 bits per heavy atom. The summed E-state index contributed by atoms with van der Waals surface area (Å²) >= 11 is 13.3. The first kappa shape index (κ1) is 22.6. The molecule has 1 N–H and O–H groups in total. The Labute approximate surface area is 188 Å². The van der Waals surface area contributed by atoms with Crippen molar-refractivity contribution in [2.45, 2.75) is 26.5 Å². The van der Waals surface area contributed by atoms with Gasteiger partial charge in [-0.1, -0.05) is 65.3 Å². The predicted molar refractivity (Wildman–Crippen MR) is 117 cm³/mol. The second kappa shape index (κ2) is 10.3. The van der Waals surface area contributed by atoms with Gasteiger partial charge in [-0.05, 0) is 30.0 Å². The van der Waals surface area contributed by atoms with Crippen LogP contribution in [0.3, 0.4) is 0 Å². The van der Waals surface area contributed by atoms with E-state index in [4.69, 9.17) is 27.9 Å². The fourth-order valence-electron chi connectivity index (χ4n) is 2.88. The van der Waals surface area contributed by atoms with Gasteiger partial charge < -0.3 is 10.1 Å². The molecule has 0 saturated carbocycles. The van der Waals surface area contributed by atoms with Gasteiger partial charge in [0, 0.05) is 12.0 Å². The Morgan fingerprint density at radius 3 is 2.90 bits per heavy atom. The summed E-state index contributed by atoms with van der Waals surface area (Å²) in [6.45, 7) is 2.51. The predicted octanol–water partition coefficient (Wildman–Crippen LogP) is 4.21. The lowest BCUT2D eigenvalue weighted by atomic mass is 10.1. The zero-order valence-corrected chi connectivity index (χ0v) is 18.7. The number of allylic oxidation sites excluding steroid dienone is 3. The molecule has 0 fully saturated rings. The van der Waals surface area contributed by atoms with Gasteiger partial charge in [0.05, 0.1) is 33.9 Å². The van der Waals surface area contributed by atoms with Crippen LogP contribution in [0.2, 0.25) is 10.0 Å². The van der Waals surface area contributed by atoms with Crippen molar-refractivity contribution in [3.63, 3.8) is 0 Å². The van der Waals surface area contributed by atoms with E-state index in [0.717, 1.165) is 18.3 Å². The number of aromatic nitrogens is 3. The second-order valence-corrected chi connectivity index (χ2v) is 8.68. The molecule has 0 saturated heterocycles. The van der Waals surface area contributed by atoms with Crippen molar-refractivity contribution in [1.82, 2.24) is 20.3 Å².